The van der Waals surface area contributed by atoms with Crippen molar-refractivity contribution in [3.8, 4) is 0 Å². The topological polar surface area (TPSA) is 49.9 Å². The number of hydrogen-bond acceptors (Lipinski definition) is 4. The Morgan fingerprint density at radius 1 is 1.05 bits per heavy atom. The van der Waals surface area contributed by atoms with Gasteiger partial charge >= 0.3 is 0 Å². The van der Waals surface area contributed by atoms with Crippen LogP contribution < -0.4 is 5.32 Å². The number of nitrogens with zero attached hydrogens (tertiary/aromatic N) is 2. The first kappa shape index (κ1) is 18.2. The number of aryl methyl sites for hydroxylation is 1. The standard InChI is InChI=1S/C12H9Cl6N3O/c13-11(14,15)9-19-8(20-10(21-9)12(16,17)18)5-1-3-7-4-2-6-22-7/h2,4-6H,1,3H2,(H,19,20,21). The van der Waals surface area contributed by atoms with E-state index in [0.29, 0.717) is 12.8 Å². The summed E-state index contributed by atoms with van der Waals surface area (Å²) in [6.07, 6.45) is 4.61. The number of nitrogens with one attached hydrogen (secondary N) is 1. The van der Waals surface area contributed by atoms with E-state index in [9.17, 15) is 0 Å². The lowest BCUT2D eigenvalue weighted by atomic mass is 10.2. The number of amidine groups is 2. The molecule has 2 rings (SSSR count). The van der Waals surface area contributed by atoms with Crippen LogP contribution in [-0.2, 0) is 6.42 Å². The first-order chi connectivity index (χ1) is 10.2. The molecule has 10 heteroatoms. The molecule has 0 aromatic carbocycles. The van der Waals surface area contributed by atoms with E-state index < -0.39 is 7.59 Å². The monoisotopic (exact) mass is 421 g/mol. The number of furan rings is 1. The molecule has 1 aromatic heterocycles. The second-order valence-corrected chi connectivity index (χ2v) is 8.78. The second kappa shape index (κ2) is 7.20. The Labute approximate surface area is 157 Å². The number of alkyl halides is 6. The maximum Gasteiger partial charge on any atom is 0.248 e. The molecule has 0 aliphatic carbocycles. The van der Waals surface area contributed by atoms with E-state index in [1.807, 2.05) is 12.1 Å². The zero-order valence-corrected chi connectivity index (χ0v) is 15.3. The molecule has 0 saturated carbocycles. The van der Waals surface area contributed by atoms with Crippen LogP contribution >= 0.6 is 69.6 Å². The van der Waals surface area contributed by atoms with Crippen LogP contribution in [0.25, 0.3) is 0 Å². The second-order valence-electron chi connectivity index (χ2n) is 4.22. The highest BCUT2D eigenvalue weighted by Gasteiger charge is 2.37. The third kappa shape index (κ3) is 5.22. The molecule has 1 aliphatic heterocycles. The lowest BCUT2D eigenvalue weighted by Gasteiger charge is -2.24. The van der Waals surface area contributed by atoms with Crippen LogP contribution in [0, 0.1) is 0 Å². The molecule has 0 radical (unpaired) electrons. The lowest BCUT2D eigenvalue weighted by molar-refractivity contribution is 0.510. The molecule has 1 aliphatic rings. The molecule has 0 fully saturated rings. The zero-order valence-electron chi connectivity index (χ0n) is 10.8. The van der Waals surface area contributed by atoms with Gasteiger partial charge in [-0.3, -0.25) is 0 Å². The summed E-state index contributed by atoms with van der Waals surface area (Å²) in [5, 5.41) is 2.62. The Bertz CT molecular complexity index is 578. The smallest absolute Gasteiger partial charge is 0.248 e. The molecule has 2 heterocycles. The maximum atomic E-state index is 5.82. The van der Waals surface area contributed by atoms with Gasteiger partial charge in [0, 0.05) is 6.42 Å². The minimum atomic E-state index is -1.79. The summed E-state index contributed by atoms with van der Waals surface area (Å²) in [5.74, 6) is 1.14. The Balaban J connectivity index is 2.19. The van der Waals surface area contributed by atoms with E-state index in [1.54, 1.807) is 12.3 Å². The fourth-order valence-corrected chi connectivity index (χ4v) is 2.12. The lowest BCUT2D eigenvalue weighted by Crippen LogP contribution is -2.46. The van der Waals surface area contributed by atoms with E-state index in [-0.39, 0.29) is 17.5 Å². The van der Waals surface area contributed by atoms with Gasteiger partial charge in [0.2, 0.25) is 7.59 Å². The van der Waals surface area contributed by atoms with Crippen LogP contribution in [-0.4, -0.2) is 19.3 Å². The fraction of sp³-hybridized carbons (Fsp3) is 0.333. The summed E-state index contributed by atoms with van der Waals surface area (Å²) in [6.45, 7) is 0. The molecule has 0 saturated heterocycles. The van der Waals surface area contributed by atoms with Crippen LogP contribution in [0.4, 0.5) is 0 Å². The number of hydrogen-bond donors (Lipinski definition) is 1. The van der Waals surface area contributed by atoms with Gasteiger partial charge in [0.25, 0.3) is 0 Å². The van der Waals surface area contributed by atoms with Crippen molar-refractivity contribution in [2.45, 2.75) is 20.4 Å². The van der Waals surface area contributed by atoms with Crippen molar-refractivity contribution >= 4 is 81.3 Å². The van der Waals surface area contributed by atoms with Gasteiger partial charge in [-0.15, -0.1) is 0 Å². The van der Waals surface area contributed by atoms with Crippen molar-refractivity contribution in [2.24, 2.45) is 9.98 Å². The Morgan fingerprint density at radius 2 is 1.64 bits per heavy atom. The largest absolute Gasteiger partial charge is 0.469 e. The summed E-state index contributed by atoms with van der Waals surface area (Å²) in [7, 11) is 0. The number of aliphatic imine (C=N–C) groups is 2. The van der Waals surface area contributed by atoms with Crippen LogP contribution in [0.2, 0.25) is 0 Å². The predicted octanol–water partition coefficient (Wildman–Crippen LogP) is 5.19. The first-order valence-corrected chi connectivity index (χ1v) is 8.24. The van der Waals surface area contributed by atoms with Gasteiger partial charge in [-0.2, -0.15) is 0 Å². The molecule has 4 nitrogen and oxygen atoms in total. The normalized spacial score (nSPS) is 16.0. The molecule has 0 spiro atoms. The van der Waals surface area contributed by atoms with Gasteiger partial charge in [0.15, 0.2) is 17.5 Å². The van der Waals surface area contributed by atoms with E-state index in [4.69, 9.17) is 74.0 Å². The van der Waals surface area contributed by atoms with Gasteiger partial charge in [-0.25, -0.2) is 9.98 Å². The highest BCUT2D eigenvalue weighted by Crippen LogP contribution is 2.33. The zero-order chi connectivity index (χ0) is 16.4. The first-order valence-electron chi connectivity index (χ1n) is 5.97. The molecule has 0 unspecified atom stereocenters. The van der Waals surface area contributed by atoms with Crippen molar-refractivity contribution in [2.75, 3.05) is 0 Å². The summed E-state index contributed by atoms with van der Waals surface area (Å²) in [4.78, 5) is 8.22. The van der Waals surface area contributed by atoms with Crippen LogP contribution in [0.1, 0.15) is 12.2 Å². The van der Waals surface area contributed by atoms with Gasteiger partial charge in [-0.1, -0.05) is 69.6 Å². The Kier molecular flexibility index (Phi) is 5.97. The summed E-state index contributed by atoms with van der Waals surface area (Å²) < 4.78 is 1.64. The highest BCUT2D eigenvalue weighted by atomic mass is 35.6. The molecule has 1 aromatic rings. The molecule has 0 amide bonds. The molecule has 1 N–H and O–H groups in total. The van der Waals surface area contributed by atoms with Crippen molar-refractivity contribution in [1.82, 2.24) is 5.32 Å². The third-order valence-corrected chi connectivity index (χ3v) is 3.60. The average molecular weight is 424 g/mol. The van der Waals surface area contributed by atoms with Crippen molar-refractivity contribution < 1.29 is 4.42 Å². The van der Waals surface area contributed by atoms with E-state index >= 15 is 0 Å². The molecule has 0 bridgehead atoms. The van der Waals surface area contributed by atoms with Crippen LogP contribution in [0.3, 0.4) is 0 Å². The molecular weight excluding hydrogens is 415 g/mol. The average Bonchev–Trinajstić information content (AvgIpc) is 2.89. The van der Waals surface area contributed by atoms with Crippen LogP contribution in [0.15, 0.2) is 44.7 Å². The molecule has 120 valence electrons. The SMILES string of the molecule is ClC(Cl)(Cl)C1=NC(=CCCc2ccco2)N=C(C(Cl)(Cl)Cl)N1. The molecule has 0 atom stereocenters. The van der Waals surface area contributed by atoms with E-state index in [1.165, 1.54) is 0 Å². The van der Waals surface area contributed by atoms with Crippen molar-refractivity contribution in [3.05, 3.63) is 36.1 Å². The van der Waals surface area contributed by atoms with Crippen LogP contribution in [0.5, 0.6) is 0 Å². The minimum absolute atomic E-state index is 0.0121. The number of halogens is 6. The van der Waals surface area contributed by atoms with E-state index in [0.717, 1.165) is 5.76 Å². The van der Waals surface area contributed by atoms with Crippen molar-refractivity contribution in [1.29, 1.82) is 0 Å². The Morgan fingerprint density at radius 3 is 2.09 bits per heavy atom. The van der Waals surface area contributed by atoms with Gasteiger partial charge in [0.1, 0.15) is 5.76 Å². The predicted molar refractivity (Wildman–Crippen MR) is 93.7 cm³/mol. The quantitative estimate of drug-likeness (QED) is 0.680. The maximum absolute atomic E-state index is 5.82. The summed E-state index contributed by atoms with van der Waals surface area (Å²) in [6, 6.07) is 3.68. The fourth-order valence-electron chi connectivity index (χ4n) is 1.58. The number of rotatable bonds is 3. The summed E-state index contributed by atoms with van der Waals surface area (Å²) in [5.41, 5.74) is 0. The van der Waals surface area contributed by atoms with Gasteiger partial charge < -0.3 is 9.73 Å². The molecular formula is C12H9Cl6N3O. The Hall–Kier alpha value is -0.100. The highest BCUT2D eigenvalue weighted by molar-refractivity contribution is 6.79. The third-order valence-electron chi connectivity index (χ3n) is 2.52. The molecule has 22 heavy (non-hydrogen) atoms. The number of allylic oxidation sites excluding steroid dienone is 1. The summed E-state index contributed by atoms with van der Waals surface area (Å²) >= 11 is 34.9. The van der Waals surface area contributed by atoms with Gasteiger partial charge in [-0.05, 0) is 24.6 Å². The minimum Gasteiger partial charge on any atom is -0.469 e. The van der Waals surface area contributed by atoms with Gasteiger partial charge in [0.05, 0.1) is 6.26 Å². The van der Waals surface area contributed by atoms with Crippen molar-refractivity contribution in [3.63, 3.8) is 0 Å². The van der Waals surface area contributed by atoms with E-state index in [2.05, 4.69) is 15.3 Å².